The second-order valence-electron chi connectivity index (χ2n) is 10.2. The number of benzene rings is 2. The number of hydrogen-bond donors (Lipinski definition) is 1. The SMILES string of the molecule is O=C(O)c1cc2ccc(N3CCC(/C=C/c4c(-c5ccccc5C(F)(F)F)noc4C4CC4)CC3)cc2cn1. The number of anilines is 1. The van der Waals surface area contributed by atoms with E-state index >= 15 is 0 Å². The molecule has 1 saturated carbocycles. The van der Waals surface area contributed by atoms with Crippen LogP contribution >= 0.6 is 0 Å². The third kappa shape index (κ3) is 5.13. The van der Waals surface area contributed by atoms with E-state index in [0.29, 0.717) is 11.3 Å². The first-order chi connectivity index (χ1) is 18.8. The van der Waals surface area contributed by atoms with E-state index in [2.05, 4.69) is 21.1 Å². The Bertz CT molecular complexity index is 1560. The van der Waals surface area contributed by atoms with Gasteiger partial charge in [-0.15, -0.1) is 0 Å². The molecular formula is C30H26F3N3O3. The van der Waals surface area contributed by atoms with Crippen molar-refractivity contribution in [2.45, 2.75) is 37.8 Å². The maximum atomic E-state index is 13.7. The van der Waals surface area contributed by atoms with Gasteiger partial charge in [0, 0.05) is 47.4 Å². The first kappa shape index (κ1) is 25.2. The molecule has 1 aliphatic heterocycles. The van der Waals surface area contributed by atoms with Crippen molar-refractivity contribution in [3.05, 3.63) is 83.4 Å². The van der Waals surface area contributed by atoms with E-state index in [1.165, 1.54) is 12.1 Å². The molecule has 0 bridgehead atoms. The monoisotopic (exact) mass is 533 g/mol. The molecular weight excluding hydrogens is 507 g/mol. The normalized spacial score (nSPS) is 16.8. The predicted octanol–water partition coefficient (Wildman–Crippen LogP) is 7.41. The fourth-order valence-corrected chi connectivity index (χ4v) is 5.27. The Balaban J connectivity index is 1.20. The number of aromatic carboxylic acids is 1. The zero-order valence-corrected chi connectivity index (χ0v) is 21.0. The summed E-state index contributed by atoms with van der Waals surface area (Å²) in [6.07, 6.45) is 4.79. The molecule has 3 heterocycles. The Morgan fingerprint density at radius 1 is 1.03 bits per heavy atom. The van der Waals surface area contributed by atoms with Gasteiger partial charge in [0.1, 0.15) is 17.1 Å². The molecule has 1 N–H and O–H groups in total. The van der Waals surface area contributed by atoms with Crippen molar-refractivity contribution in [3.63, 3.8) is 0 Å². The van der Waals surface area contributed by atoms with Crippen molar-refractivity contribution in [1.82, 2.24) is 10.1 Å². The van der Waals surface area contributed by atoms with E-state index < -0.39 is 17.7 Å². The number of carboxylic acids is 1. The Morgan fingerprint density at radius 3 is 2.51 bits per heavy atom. The van der Waals surface area contributed by atoms with Crippen molar-refractivity contribution >= 4 is 28.5 Å². The summed E-state index contributed by atoms with van der Waals surface area (Å²) in [5, 5.41) is 15.0. The third-order valence-electron chi connectivity index (χ3n) is 7.56. The van der Waals surface area contributed by atoms with Gasteiger partial charge < -0.3 is 14.5 Å². The lowest BCUT2D eigenvalue weighted by molar-refractivity contribution is -0.137. The fraction of sp³-hybridized carbons (Fsp3) is 0.300. The van der Waals surface area contributed by atoms with E-state index in [9.17, 15) is 18.0 Å². The standard InChI is InChI=1S/C30H26F3N3O3/c31-30(32,33)25-4-2-1-3-23(25)27-24(28(39-35-27)19-6-7-19)10-5-18-11-13-36(14-12-18)22-9-8-20-16-26(29(37)38)34-17-21(20)15-22/h1-5,8-10,15-19H,6-7,11-14H2,(H,37,38)/b10-5+. The summed E-state index contributed by atoms with van der Waals surface area (Å²) in [5.41, 5.74) is 1.29. The summed E-state index contributed by atoms with van der Waals surface area (Å²) in [6, 6.07) is 13.0. The molecule has 4 aromatic rings. The van der Waals surface area contributed by atoms with Crippen LogP contribution in [0.3, 0.4) is 0 Å². The lowest BCUT2D eigenvalue weighted by Crippen LogP contribution is -2.33. The molecule has 1 aliphatic carbocycles. The largest absolute Gasteiger partial charge is 0.477 e. The fourth-order valence-electron chi connectivity index (χ4n) is 5.27. The average Bonchev–Trinajstić information content (AvgIpc) is 3.70. The lowest BCUT2D eigenvalue weighted by Gasteiger charge is -2.32. The van der Waals surface area contributed by atoms with E-state index in [1.54, 1.807) is 18.3 Å². The third-order valence-corrected chi connectivity index (χ3v) is 7.56. The summed E-state index contributed by atoms with van der Waals surface area (Å²) >= 11 is 0. The molecule has 0 amide bonds. The molecule has 2 fully saturated rings. The maximum absolute atomic E-state index is 13.7. The van der Waals surface area contributed by atoms with Gasteiger partial charge in [0.25, 0.3) is 0 Å². The van der Waals surface area contributed by atoms with Crippen LogP contribution in [0.25, 0.3) is 28.1 Å². The first-order valence-corrected chi connectivity index (χ1v) is 13.0. The Labute approximate surface area is 222 Å². The van der Waals surface area contributed by atoms with Gasteiger partial charge in [-0.3, -0.25) is 0 Å². The quantitative estimate of drug-likeness (QED) is 0.278. The van der Waals surface area contributed by atoms with Crippen molar-refractivity contribution < 1.29 is 27.6 Å². The predicted molar refractivity (Wildman–Crippen MR) is 142 cm³/mol. The molecule has 0 unspecified atom stereocenters. The number of fused-ring (bicyclic) bond motifs is 1. The van der Waals surface area contributed by atoms with E-state index in [1.807, 2.05) is 24.3 Å². The number of nitrogens with zero attached hydrogens (tertiary/aromatic N) is 3. The van der Waals surface area contributed by atoms with Gasteiger partial charge in [0.2, 0.25) is 0 Å². The summed E-state index contributed by atoms with van der Waals surface area (Å²) in [4.78, 5) is 17.5. The van der Waals surface area contributed by atoms with Crippen LogP contribution < -0.4 is 4.90 Å². The molecule has 6 rings (SSSR count). The van der Waals surface area contributed by atoms with Crippen LogP contribution in [-0.2, 0) is 6.18 Å². The molecule has 9 heteroatoms. The number of rotatable bonds is 6. The number of carbonyl (C=O) groups is 1. The smallest absolute Gasteiger partial charge is 0.417 e. The second kappa shape index (κ2) is 9.87. The topological polar surface area (TPSA) is 79.5 Å². The van der Waals surface area contributed by atoms with Gasteiger partial charge in [-0.1, -0.05) is 41.6 Å². The lowest BCUT2D eigenvalue weighted by atomic mass is 9.93. The van der Waals surface area contributed by atoms with Gasteiger partial charge in [0.15, 0.2) is 0 Å². The minimum absolute atomic E-state index is 0.0190. The van der Waals surface area contributed by atoms with Crippen molar-refractivity contribution in [3.8, 4) is 11.3 Å². The van der Waals surface area contributed by atoms with Crippen molar-refractivity contribution in [2.24, 2.45) is 5.92 Å². The summed E-state index contributed by atoms with van der Waals surface area (Å²) in [5.74, 6) is 0.101. The molecule has 2 aromatic heterocycles. The highest BCUT2D eigenvalue weighted by Gasteiger charge is 2.37. The number of piperidine rings is 1. The molecule has 0 spiro atoms. The van der Waals surface area contributed by atoms with Crippen LogP contribution in [0.15, 0.2) is 65.3 Å². The number of halogens is 3. The van der Waals surface area contributed by atoms with Crippen LogP contribution in [0.4, 0.5) is 18.9 Å². The van der Waals surface area contributed by atoms with E-state index in [4.69, 9.17) is 9.63 Å². The number of aromatic nitrogens is 2. The molecule has 2 aliphatic rings. The number of alkyl halides is 3. The molecule has 0 radical (unpaired) electrons. The van der Waals surface area contributed by atoms with Gasteiger partial charge >= 0.3 is 12.1 Å². The van der Waals surface area contributed by atoms with Crippen LogP contribution in [0.2, 0.25) is 0 Å². The number of carboxylic acid groups (broad SMARTS) is 1. The highest BCUT2D eigenvalue weighted by Crippen LogP contribution is 2.46. The number of hydrogen-bond acceptors (Lipinski definition) is 5. The Hall–Kier alpha value is -4.14. The molecule has 39 heavy (non-hydrogen) atoms. The van der Waals surface area contributed by atoms with E-state index in [0.717, 1.165) is 61.3 Å². The minimum atomic E-state index is -4.49. The molecule has 200 valence electrons. The van der Waals surface area contributed by atoms with Crippen LogP contribution in [-0.4, -0.2) is 34.3 Å². The van der Waals surface area contributed by atoms with Crippen LogP contribution in [0, 0.1) is 5.92 Å². The first-order valence-electron chi connectivity index (χ1n) is 13.0. The molecule has 6 nitrogen and oxygen atoms in total. The van der Waals surface area contributed by atoms with Gasteiger partial charge in [-0.2, -0.15) is 13.2 Å². The van der Waals surface area contributed by atoms with Gasteiger partial charge in [-0.05, 0) is 61.3 Å². The zero-order chi connectivity index (χ0) is 27.1. The average molecular weight is 534 g/mol. The molecule has 1 saturated heterocycles. The highest BCUT2D eigenvalue weighted by atomic mass is 19.4. The van der Waals surface area contributed by atoms with Crippen molar-refractivity contribution in [2.75, 3.05) is 18.0 Å². The Morgan fingerprint density at radius 2 is 1.79 bits per heavy atom. The van der Waals surface area contributed by atoms with Crippen LogP contribution in [0.5, 0.6) is 0 Å². The van der Waals surface area contributed by atoms with Gasteiger partial charge in [-0.25, -0.2) is 9.78 Å². The summed E-state index contributed by atoms with van der Waals surface area (Å²) < 4.78 is 46.8. The van der Waals surface area contributed by atoms with Crippen LogP contribution in [0.1, 0.15) is 59.0 Å². The number of pyridine rings is 1. The van der Waals surface area contributed by atoms with E-state index in [-0.39, 0.29) is 28.8 Å². The summed E-state index contributed by atoms with van der Waals surface area (Å²) in [6.45, 7) is 1.65. The summed E-state index contributed by atoms with van der Waals surface area (Å²) in [7, 11) is 0. The molecule has 2 aromatic carbocycles. The highest BCUT2D eigenvalue weighted by molar-refractivity contribution is 5.93. The zero-order valence-electron chi connectivity index (χ0n) is 21.0. The van der Waals surface area contributed by atoms with Gasteiger partial charge in [0.05, 0.1) is 5.56 Å². The minimum Gasteiger partial charge on any atom is -0.477 e. The van der Waals surface area contributed by atoms with Crippen molar-refractivity contribution in [1.29, 1.82) is 0 Å². The Kier molecular flexibility index (Phi) is 6.37. The second-order valence-corrected chi connectivity index (χ2v) is 10.2. The molecule has 0 atom stereocenters. The number of allylic oxidation sites excluding steroid dienone is 1. The maximum Gasteiger partial charge on any atom is 0.417 e.